The number of anilines is 1. The van der Waals surface area contributed by atoms with Crippen LogP contribution in [0.4, 0.5) is 5.82 Å². The van der Waals surface area contributed by atoms with Gasteiger partial charge in [-0.2, -0.15) is 14.8 Å². The molecular formula is C23H22N8. The van der Waals surface area contributed by atoms with Gasteiger partial charge >= 0.3 is 0 Å². The molecule has 0 saturated carbocycles. The fourth-order valence-electron chi connectivity index (χ4n) is 3.63. The third-order valence-corrected chi connectivity index (χ3v) is 5.32. The molecule has 0 spiro atoms. The molecule has 154 valence electrons. The lowest BCUT2D eigenvalue weighted by Gasteiger charge is -2.11. The van der Waals surface area contributed by atoms with Crippen LogP contribution in [0.3, 0.4) is 0 Å². The van der Waals surface area contributed by atoms with Crippen molar-refractivity contribution >= 4 is 11.5 Å². The highest BCUT2D eigenvalue weighted by molar-refractivity contribution is 5.80. The molecule has 3 heterocycles. The minimum atomic E-state index is 0.587. The van der Waals surface area contributed by atoms with Crippen molar-refractivity contribution in [3.8, 4) is 22.5 Å². The van der Waals surface area contributed by atoms with E-state index in [1.807, 2.05) is 35.8 Å². The fourth-order valence-corrected chi connectivity index (χ4v) is 3.63. The third kappa shape index (κ3) is 3.63. The Morgan fingerprint density at radius 3 is 2.58 bits per heavy atom. The highest BCUT2D eigenvalue weighted by atomic mass is 15.5. The van der Waals surface area contributed by atoms with Crippen LogP contribution in [0.1, 0.15) is 23.7 Å². The van der Waals surface area contributed by atoms with Gasteiger partial charge in [-0.3, -0.25) is 0 Å². The monoisotopic (exact) mass is 410 g/mol. The molecule has 3 aromatic heterocycles. The summed E-state index contributed by atoms with van der Waals surface area (Å²) in [6.07, 6.45) is 2.73. The molecule has 0 aliphatic heterocycles. The molecule has 0 aliphatic rings. The molecule has 0 bridgehead atoms. The van der Waals surface area contributed by atoms with Crippen molar-refractivity contribution in [2.24, 2.45) is 0 Å². The lowest BCUT2D eigenvalue weighted by molar-refractivity contribution is 0.881. The molecule has 0 radical (unpaired) electrons. The van der Waals surface area contributed by atoms with Crippen LogP contribution < -0.4 is 5.32 Å². The Morgan fingerprint density at radius 2 is 1.84 bits per heavy atom. The summed E-state index contributed by atoms with van der Waals surface area (Å²) < 4.78 is 1.87. The van der Waals surface area contributed by atoms with Crippen molar-refractivity contribution in [1.29, 1.82) is 0 Å². The molecule has 5 rings (SSSR count). The molecule has 0 saturated heterocycles. The first-order valence-corrected chi connectivity index (χ1v) is 10.2. The summed E-state index contributed by atoms with van der Waals surface area (Å²) in [5.74, 6) is 1.53. The molecule has 31 heavy (non-hydrogen) atoms. The Labute approximate surface area is 179 Å². The normalized spacial score (nSPS) is 11.2. The standard InChI is InChI=1S/C23H22N8/c1-3-18-12-21(31-23(26-18)15(2)13-25-31)24-14-16-8-10-17(11-9-16)19-6-4-5-7-20(19)22-27-29-30-28-22/h4-13,24H,3,14H2,1-2H3,(H,27,28,29,30). The zero-order valence-corrected chi connectivity index (χ0v) is 17.4. The van der Waals surface area contributed by atoms with Gasteiger partial charge in [0.15, 0.2) is 5.65 Å². The van der Waals surface area contributed by atoms with Gasteiger partial charge in [0.05, 0.1) is 6.20 Å². The third-order valence-electron chi connectivity index (χ3n) is 5.32. The van der Waals surface area contributed by atoms with Crippen molar-refractivity contribution in [3.63, 3.8) is 0 Å². The number of nitrogens with one attached hydrogen (secondary N) is 2. The van der Waals surface area contributed by atoms with Crippen LogP contribution in [0, 0.1) is 6.92 Å². The number of aromatic amines is 1. The lowest BCUT2D eigenvalue weighted by Crippen LogP contribution is -2.07. The zero-order chi connectivity index (χ0) is 21.2. The molecule has 2 aromatic carbocycles. The summed E-state index contributed by atoms with van der Waals surface area (Å²) in [4.78, 5) is 4.69. The number of rotatable bonds is 6. The first-order chi connectivity index (χ1) is 15.2. The number of tetrazole rings is 1. The quantitative estimate of drug-likeness (QED) is 0.438. The largest absolute Gasteiger partial charge is 0.366 e. The van der Waals surface area contributed by atoms with E-state index in [0.717, 1.165) is 45.8 Å². The summed E-state index contributed by atoms with van der Waals surface area (Å²) >= 11 is 0. The number of hydrogen-bond donors (Lipinski definition) is 2. The van der Waals surface area contributed by atoms with E-state index in [4.69, 9.17) is 0 Å². The molecule has 0 fully saturated rings. The molecule has 0 amide bonds. The average molecular weight is 410 g/mol. The Balaban J connectivity index is 1.39. The number of aromatic nitrogens is 7. The van der Waals surface area contributed by atoms with Gasteiger partial charge in [0.2, 0.25) is 5.82 Å². The fraction of sp³-hybridized carbons (Fsp3) is 0.174. The van der Waals surface area contributed by atoms with Gasteiger partial charge in [-0.15, -0.1) is 10.2 Å². The van der Waals surface area contributed by atoms with Gasteiger partial charge in [-0.1, -0.05) is 55.5 Å². The Hall–Kier alpha value is -4.07. The highest BCUT2D eigenvalue weighted by Crippen LogP contribution is 2.29. The van der Waals surface area contributed by atoms with Crippen LogP contribution in [0.25, 0.3) is 28.2 Å². The predicted molar refractivity (Wildman–Crippen MR) is 119 cm³/mol. The first kappa shape index (κ1) is 18.9. The maximum absolute atomic E-state index is 4.69. The van der Waals surface area contributed by atoms with E-state index in [2.05, 4.69) is 79.3 Å². The summed E-state index contributed by atoms with van der Waals surface area (Å²) in [7, 11) is 0. The maximum atomic E-state index is 4.69. The van der Waals surface area contributed by atoms with Crippen LogP contribution >= 0.6 is 0 Å². The highest BCUT2D eigenvalue weighted by Gasteiger charge is 2.11. The second-order valence-corrected chi connectivity index (χ2v) is 7.38. The van der Waals surface area contributed by atoms with Gasteiger partial charge in [-0.25, -0.2) is 4.98 Å². The van der Waals surface area contributed by atoms with Crippen molar-refractivity contribution in [2.45, 2.75) is 26.8 Å². The Kier molecular flexibility index (Phi) is 4.87. The average Bonchev–Trinajstić information content (AvgIpc) is 3.48. The van der Waals surface area contributed by atoms with E-state index in [1.54, 1.807) is 0 Å². The number of fused-ring (bicyclic) bond motifs is 1. The van der Waals surface area contributed by atoms with Crippen LogP contribution in [0.15, 0.2) is 60.8 Å². The Morgan fingerprint density at radius 1 is 1.03 bits per heavy atom. The first-order valence-electron chi connectivity index (χ1n) is 10.2. The molecular weight excluding hydrogens is 388 g/mol. The summed E-state index contributed by atoms with van der Waals surface area (Å²) in [5, 5.41) is 22.4. The van der Waals surface area contributed by atoms with Crippen molar-refractivity contribution < 1.29 is 0 Å². The van der Waals surface area contributed by atoms with Crippen molar-refractivity contribution in [1.82, 2.24) is 35.2 Å². The van der Waals surface area contributed by atoms with Crippen molar-refractivity contribution in [3.05, 3.63) is 77.6 Å². The number of H-pyrrole nitrogens is 1. The van der Waals surface area contributed by atoms with Gasteiger partial charge in [-0.05, 0) is 35.2 Å². The molecule has 0 aliphatic carbocycles. The second kappa shape index (κ2) is 7.98. The number of hydrogen-bond acceptors (Lipinski definition) is 6. The maximum Gasteiger partial charge on any atom is 0.205 e. The zero-order valence-electron chi connectivity index (χ0n) is 17.4. The number of aryl methyl sites for hydroxylation is 2. The van der Waals surface area contributed by atoms with Crippen LogP contribution in [-0.4, -0.2) is 35.2 Å². The topological polar surface area (TPSA) is 96.7 Å². The summed E-state index contributed by atoms with van der Waals surface area (Å²) in [6, 6.07) is 18.6. The molecule has 2 N–H and O–H groups in total. The molecule has 0 unspecified atom stereocenters. The van der Waals surface area contributed by atoms with E-state index in [0.29, 0.717) is 12.4 Å². The number of nitrogens with zero attached hydrogens (tertiary/aromatic N) is 6. The SMILES string of the molecule is CCc1cc(NCc2ccc(-c3ccccc3-c3nn[nH]n3)cc2)n2ncc(C)c2n1. The van der Waals surface area contributed by atoms with Gasteiger partial charge in [0, 0.05) is 29.4 Å². The smallest absolute Gasteiger partial charge is 0.205 e. The van der Waals surface area contributed by atoms with Crippen LogP contribution in [-0.2, 0) is 13.0 Å². The van der Waals surface area contributed by atoms with E-state index < -0.39 is 0 Å². The molecule has 0 atom stereocenters. The minimum absolute atomic E-state index is 0.587. The molecule has 5 aromatic rings. The number of benzene rings is 2. The van der Waals surface area contributed by atoms with Crippen LogP contribution in [0.2, 0.25) is 0 Å². The predicted octanol–water partition coefficient (Wildman–Crippen LogP) is 4.06. The van der Waals surface area contributed by atoms with Crippen molar-refractivity contribution in [2.75, 3.05) is 5.32 Å². The minimum Gasteiger partial charge on any atom is -0.366 e. The summed E-state index contributed by atoms with van der Waals surface area (Å²) in [6.45, 7) is 4.83. The summed E-state index contributed by atoms with van der Waals surface area (Å²) in [5.41, 5.74) is 7.31. The van der Waals surface area contributed by atoms with Gasteiger partial charge in [0.25, 0.3) is 0 Å². The van der Waals surface area contributed by atoms with Gasteiger partial charge < -0.3 is 5.32 Å². The Bertz CT molecular complexity index is 1320. The van der Waals surface area contributed by atoms with E-state index in [9.17, 15) is 0 Å². The van der Waals surface area contributed by atoms with Gasteiger partial charge in [0.1, 0.15) is 5.82 Å². The van der Waals surface area contributed by atoms with E-state index in [1.165, 1.54) is 5.56 Å². The molecule has 8 heteroatoms. The second-order valence-electron chi connectivity index (χ2n) is 7.38. The van der Waals surface area contributed by atoms with E-state index >= 15 is 0 Å². The van der Waals surface area contributed by atoms with E-state index in [-0.39, 0.29) is 0 Å². The van der Waals surface area contributed by atoms with Crippen LogP contribution in [0.5, 0.6) is 0 Å². The molecule has 8 nitrogen and oxygen atoms in total. The lowest BCUT2D eigenvalue weighted by atomic mass is 9.98.